The largest absolute Gasteiger partial charge is 0.365 e. The zero-order chi connectivity index (χ0) is 14.9. The summed E-state index contributed by atoms with van der Waals surface area (Å²) in [6.45, 7) is 2.92. The van der Waals surface area contributed by atoms with Gasteiger partial charge in [-0.15, -0.1) is 0 Å². The van der Waals surface area contributed by atoms with Crippen molar-refractivity contribution in [3.63, 3.8) is 0 Å². The molecule has 6 nitrogen and oxygen atoms in total. The molecule has 0 amide bonds. The average Bonchev–Trinajstić information content (AvgIpc) is 2.98. The maximum Gasteiger partial charge on any atom is 0.150 e. The number of fused-ring (bicyclic) bond motifs is 2. The quantitative estimate of drug-likeness (QED) is 0.802. The first-order chi connectivity index (χ1) is 10.8. The Balaban J connectivity index is 1.59. The lowest BCUT2D eigenvalue weighted by molar-refractivity contribution is 0.440. The Labute approximate surface area is 128 Å². The van der Waals surface area contributed by atoms with Gasteiger partial charge in [-0.3, -0.25) is 0 Å². The van der Waals surface area contributed by atoms with E-state index in [0.717, 1.165) is 54.2 Å². The number of para-hydroxylation sites is 1. The molecule has 1 atom stereocenters. The van der Waals surface area contributed by atoms with Crippen LogP contribution in [0.25, 0.3) is 10.9 Å². The van der Waals surface area contributed by atoms with Gasteiger partial charge in [0.15, 0.2) is 5.82 Å². The highest BCUT2D eigenvalue weighted by Crippen LogP contribution is 2.22. The highest BCUT2D eigenvalue weighted by atomic mass is 15.4. The molecule has 0 unspecified atom stereocenters. The second-order valence-corrected chi connectivity index (χ2v) is 5.60. The minimum absolute atomic E-state index is 0.317. The molecule has 22 heavy (non-hydrogen) atoms. The van der Waals surface area contributed by atoms with Gasteiger partial charge >= 0.3 is 0 Å². The Kier molecular flexibility index (Phi) is 3.21. The van der Waals surface area contributed by atoms with Crippen LogP contribution in [0.3, 0.4) is 0 Å². The molecule has 4 rings (SSSR count). The molecule has 112 valence electrons. The van der Waals surface area contributed by atoms with Gasteiger partial charge in [-0.05, 0) is 18.6 Å². The number of aryl methyl sites for hydroxylation is 2. The maximum atomic E-state index is 4.56. The monoisotopic (exact) mass is 294 g/mol. The van der Waals surface area contributed by atoms with Crippen molar-refractivity contribution in [1.29, 1.82) is 0 Å². The molecule has 0 bridgehead atoms. The van der Waals surface area contributed by atoms with E-state index < -0.39 is 0 Å². The lowest BCUT2D eigenvalue weighted by Gasteiger charge is -2.24. The van der Waals surface area contributed by atoms with Gasteiger partial charge in [0.25, 0.3) is 0 Å². The van der Waals surface area contributed by atoms with Crippen LogP contribution in [-0.2, 0) is 19.4 Å². The molecular formula is C16H18N6. The third-order valence-electron chi connectivity index (χ3n) is 4.10. The molecule has 1 aliphatic rings. The number of aromatic nitrogens is 5. The number of rotatable bonds is 3. The number of hydrogen-bond acceptors (Lipinski definition) is 5. The molecule has 1 N–H and O–H groups in total. The van der Waals surface area contributed by atoms with Gasteiger partial charge in [-0.1, -0.05) is 19.1 Å². The highest BCUT2D eigenvalue weighted by molar-refractivity contribution is 5.88. The standard InChI is InChI=1S/C16H18N6/c1-2-14-20-15-8-7-11(9-22(15)21-14)19-16-12-5-3-4-6-13(12)17-10-18-16/h3-6,10-11H,2,7-9H2,1H3,(H,17,18,19)/t11-/m1/s1. The lowest BCUT2D eigenvalue weighted by atomic mass is 10.1. The summed E-state index contributed by atoms with van der Waals surface area (Å²) >= 11 is 0. The minimum Gasteiger partial charge on any atom is -0.365 e. The molecule has 0 saturated heterocycles. The van der Waals surface area contributed by atoms with Crippen LogP contribution in [0.4, 0.5) is 5.82 Å². The summed E-state index contributed by atoms with van der Waals surface area (Å²) in [7, 11) is 0. The Hall–Kier alpha value is -2.50. The number of benzene rings is 1. The molecule has 1 aromatic carbocycles. The Morgan fingerprint density at radius 1 is 1.27 bits per heavy atom. The summed E-state index contributed by atoms with van der Waals surface area (Å²) < 4.78 is 2.03. The highest BCUT2D eigenvalue weighted by Gasteiger charge is 2.22. The zero-order valence-corrected chi connectivity index (χ0v) is 12.5. The molecule has 0 aliphatic carbocycles. The number of nitrogens with zero attached hydrogens (tertiary/aromatic N) is 5. The van der Waals surface area contributed by atoms with Gasteiger partial charge in [0, 0.05) is 24.3 Å². The first-order valence-electron chi connectivity index (χ1n) is 7.72. The number of nitrogens with one attached hydrogen (secondary N) is 1. The van der Waals surface area contributed by atoms with Crippen LogP contribution in [0.5, 0.6) is 0 Å². The van der Waals surface area contributed by atoms with Crippen LogP contribution in [0, 0.1) is 0 Å². The number of hydrogen-bond donors (Lipinski definition) is 1. The molecule has 3 heterocycles. The SMILES string of the molecule is CCc1nc2n(n1)C[C@H](Nc1ncnc3ccccc13)CC2. The van der Waals surface area contributed by atoms with Crippen molar-refractivity contribution in [3.8, 4) is 0 Å². The van der Waals surface area contributed by atoms with Crippen molar-refractivity contribution >= 4 is 16.7 Å². The van der Waals surface area contributed by atoms with Crippen molar-refractivity contribution in [2.75, 3.05) is 5.32 Å². The van der Waals surface area contributed by atoms with Crippen molar-refractivity contribution in [2.45, 2.75) is 38.8 Å². The van der Waals surface area contributed by atoms with Crippen molar-refractivity contribution in [2.24, 2.45) is 0 Å². The van der Waals surface area contributed by atoms with Gasteiger partial charge in [0.05, 0.1) is 12.1 Å². The fourth-order valence-corrected chi connectivity index (χ4v) is 2.94. The predicted octanol–water partition coefficient (Wildman–Crippen LogP) is 2.21. The summed E-state index contributed by atoms with van der Waals surface area (Å²) in [5.41, 5.74) is 0.963. The van der Waals surface area contributed by atoms with Crippen LogP contribution >= 0.6 is 0 Å². The Morgan fingerprint density at radius 3 is 3.09 bits per heavy atom. The van der Waals surface area contributed by atoms with E-state index in [1.165, 1.54) is 0 Å². The molecule has 0 fully saturated rings. The van der Waals surface area contributed by atoms with Gasteiger partial charge in [0.1, 0.15) is 18.0 Å². The molecular weight excluding hydrogens is 276 g/mol. The van der Waals surface area contributed by atoms with Gasteiger partial charge < -0.3 is 5.32 Å². The molecule has 1 aliphatic heterocycles. The lowest BCUT2D eigenvalue weighted by Crippen LogP contribution is -2.32. The van der Waals surface area contributed by atoms with E-state index in [9.17, 15) is 0 Å². The van der Waals surface area contributed by atoms with Crippen LogP contribution in [0.1, 0.15) is 25.0 Å². The second kappa shape index (κ2) is 5.36. The van der Waals surface area contributed by atoms with E-state index in [0.29, 0.717) is 6.04 Å². The minimum atomic E-state index is 0.317. The smallest absolute Gasteiger partial charge is 0.150 e. The van der Waals surface area contributed by atoms with E-state index in [1.807, 2.05) is 22.9 Å². The summed E-state index contributed by atoms with van der Waals surface area (Å²) in [5.74, 6) is 2.93. The van der Waals surface area contributed by atoms with Gasteiger partial charge in [-0.25, -0.2) is 19.6 Å². The Morgan fingerprint density at radius 2 is 2.18 bits per heavy atom. The van der Waals surface area contributed by atoms with E-state index in [2.05, 4.69) is 38.4 Å². The van der Waals surface area contributed by atoms with E-state index in [1.54, 1.807) is 6.33 Å². The molecule has 6 heteroatoms. The first kappa shape index (κ1) is 13.2. The number of anilines is 1. The van der Waals surface area contributed by atoms with Crippen LogP contribution < -0.4 is 5.32 Å². The second-order valence-electron chi connectivity index (χ2n) is 5.60. The van der Waals surface area contributed by atoms with Crippen molar-refractivity contribution < 1.29 is 0 Å². The van der Waals surface area contributed by atoms with Crippen LogP contribution in [0.2, 0.25) is 0 Å². The van der Waals surface area contributed by atoms with Crippen molar-refractivity contribution in [3.05, 3.63) is 42.2 Å². The fraction of sp³-hybridized carbons (Fsp3) is 0.375. The Bertz CT molecular complexity index is 804. The maximum absolute atomic E-state index is 4.56. The molecule has 0 spiro atoms. The third-order valence-corrected chi connectivity index (χ3v) is 4.10. The topological polar surface area (TPSA) is 68.5 Å². The third kappa shape index (κ3) is 2.30. The molecule has 3 aromatic rings. The molecule has 0 saturated carbocycles. The normalized spacial score (nSPS) is 17.4. The first-order valence-corrected chi connectivity index (χ1v) is 7.72. The summed E-state index contributed by atoms with van der Waals surface area (Å²) in [6, 6.07) is 8.38. The molecule has 0 radical (unpaired) electrons. The van der Waals surface area contributed by atoms with E-state index in [-0.39, 0.29) is 0 Å². The van der Waals surface area contributed by atoms with Gasteiger partial charge in [-0.2, -0.15) is 5.10 Å². The van der Waals surface area contributed by atoms with Crippen LogP contribution in [-0.4, -0.2) is 30.8 Å². The van der Waals surface area contributed by atoms with Crippen LogP contribution in [0.15, 0.2) is 30.6 Å². The van der Waals surface area contributed by atoms with Crippen molar-refractivity contribution in [1.82, 2.24) is 24.7 Å². The fourth-order valence-electron chi connectivity index (χ4n) is 2.94. The average molecular weight is 294 g/mol. The zero-order valence-electron chi connectivity index (χ0n) is 12.5. The summed E-state index contributed by atoms with van der Waals surface area (Å²) in [6.07, 6.45) is 4.49. The van der Waals surface area contributed by atoms with E-state index in [4.69, 9.17) is 0 Å². The molecule has 2 aromatic heterocycles. The van der Waals surface area contributed by atoms with Gasteiger partial charge in [0.2, 0.25) is 0 Å². The predicted molar refractivity (Wildman–Crippen MR) is 84.7 cm³/mol. The summed E-state index contributed by atoms with van der Waals surface area (Å²) in [5, 5.41) is 9.17. The summed E-state index contributed by atoms with van der Waals surface area (Å²) in [4.78, 5) is 13.3. The van der Waals surface area contributed by atoms with E-state index >= 15 is 0 Å².